The van der Waals surface area contributed by atoms with E-state index >= 15 is 0 Å². The predicted octanol–water partition coefficient (Wildman–Crippen LogP) is 1.38. The molecule has 3 amide bonds. The van der Waals surface area contributed by atoms with Crippen molar-refractivity contribution in [1.82, 2.24) is 5.32 Å². The summed E-state index contributed by atoms with van der Waals surface area (Å²) in [5.41, 5.74) is 5.20. The average Bonchev–Trinajstić information content (AvgIpc) is 2.36. The lowest BCUT2D eigenvalue weighted by Gasteiger charge is -2.10. The van der Waals surface area contributed by atoms with Crippen LogP contribution in [0, 0.1) is 3.57 Å². The largest absolute Gasteiger partial charge is 0.478 e. The highest BCUT2D eigenvalue weighted by Crippen LogP contribution is 2.18. The summed E-state index contributed by atoms with van der Waals surface area (Å²) in [6.07, 6.45) is 0.616. The third-order valence-electron chi connectivity index (χ3n) is 2.35. The minimum atomic E-state index is -1.12. The molecule has 0 heterocycles. The van der Waals surface area contributed by atoms with Crippen LogP contribution in [0.1, 0.15) is 23.2 Å². The van der Waals surface area contributed by atoms with Gasteiger partial charge in [-0.1, -0.05) is 0 Å². The Morgan fingerprint density at radius 1 is 1.30 bits per heavy atom. The number of anilines is 1. The van der Waals surface area contributed by atoms with Crippen molar-refractivity contribution in [2.75, 3.05) is 11.9 Å². The molecule has 108 valence electrons. The van der Waals surface area contributed by atoms with E-state index in [1.807, 2.05) is 22.6 Å². The third-order valence-corrected chi connectivity index (χ3v) is 3.02. The SMILES string of the molecule is NC(=O)CCCNC(=O)Nc1ccc(I)cc1C(=O)O. The molecule has 20 heavy (non-hydrogen) atoms. The molecule has 0 saturated heterocycles. The van der Waals surface area contributed by atoms with Crippen LogP contribution in [0.5, 0.6) is 0 Å². The maximum atomic E-state index is 11.6. The summed E-state index contributed by atoms with van der Waals surface area (Å²) in [5.74, 6) is -1.55. The van der Waals surface area contributed by atoms with Crippen LogP contribution in [0.25, 0.3) is 0 Å². The maximum absolute atomic E-state index is 11.6. The molecule has 0 bridgehead atoms. The Bertz CT molecular complexity index is 533. The van der Waals surface area contributed by atoms with Crippen LogP contribution in [0.3, 0.4) is 0 Å². The molecule has 1 aromatic rings. The molecule has 1 rings (SSSR count). The topological polar surface area (TPSA) is 122 Å². The van der Waals surface area contributed by atoms with Crippen LogP contribution < -0.4 is 16.4 Å². The molecule has 0 spiro atoms. The number of carbonyl (C=O) groups excluding carboxylic acids is 2. The number of primary amides is 1. The lowest BCUT2D eigenvalue weighted by atomic mass is 10.2. The molecule has 8 heteroatoms. The van der Waals surface area contributed by atoms with Crippen molar-refractivity contribution in [1.29, 1.82) is 0 Å². The monoisotopic (exact) mass is 391 g/mol. The predicted molar refractivity (Wildman–Crippen MR) is 81.6 cm³/mol. The molecule has 7 nitrogen and oxygen atoms in total. The summed E-state index contributed by atoms with van der Waals surface area (Å²) in [7, 11) is 0. The number of hydrogen-bond acceptors (Lipinski definition) is 3. The number of aromatic carboxylic acids is 1. The molecular weight excluding hydrogens is 377 g/mol. The Hall–Kier alpha value is -1.84. The quantitative estimate of drug-likeness (QED) is 0.432. The Morgan fingerprint density at radius 3 is 2.60 bits per heavy atom. The molecule has 0 aliphatic heterocycles. The molecule has 0 radical (unpaired) electrons. The smallest absolute Gasteiger partial charge is 0.337 e. The summed E-state index contributed by atoms with van der Waals surface area (Å²) in [6, 6.07) is 4.15. The molecule has 0 atom stereocenters. The van der Waals surface area contributed by atoms with Crippen LogP contribution >= 0.6 is 22.6 Å². The van der Waals surface area contributed by atoms with E-state index < -0.39 is 17.9 Å². The molecule has 0 saturated carbocycles. The van der Waals surface area contributed by atoms with Crippen LogP contribution in [-0.2, 0) is 4.79 Å². The van der Waals surface area contributed by atoms with Crippen LogP contribution in [0.15, 0.2) is 18.2 Å². The first-order chi connectivity index (χ1) is 9.40. The highest BCUT2D eigenvalue weighted by molar-refractivity contribution is 14.1. The van der Waals surface area contributed by atoms with Gasteiger partial charge in [-0.25, -0.2) is 9.59 Å². The summed E-state index contributed by atoms with van der Waals surface area (Å²) in [6.45, 7) is 0.279. The van der Waals surface area contributed by atoms with Crippen LogP contribution in [0.2, 0.25) is 0 Å². The molecular formula is C12H14IN3O4. The zero-order valence-corrected chi connectivity index (χ0v) is 12.6. The van der Waals surface area contributed by atoms with Gasteiger partial charge in [-0.3, -0.25) is 4.79 Å². The van der Waals surface area contributed by atoms with E-state index in [9.17, 15) is 14.4 Å². The van der Waals surface area contributed by atoms with Crippen molar-refractivity contribution in [3.63, 3.8) is 0 Å². The normalized spacial score (nSPS) is 9.85. The fraction of sp³-hybridized carbons (Fsp3) is 0.250. The van der Waals surface area contributed by atoms with Gasteiger partial charge in [0.05, 0.1) is 11.3 Å². The van der Waals surface area contributed by atoms with Crippen molar-refractivity contribution in [2.45, 2.75) is 12.8 Å². The van der Waals surface area contributed by atoms with Crippen molar-refractivity contribution >= 4 is 46.2 Å². The molecule has 5 N–H and O–H groups in total. The maximum Gasteiger partial charge on any atom is 0.337 e. The van der Waals surface area contributed by atoms with Gasteiger partial charge in [0.25, 0.3) is 0 Å². The number of halogens is 1. The van der Waals surface area contributed by atoms with Gasteiger partial charge in [-0.05, 0) is 47.2 Å². The summed E-state index contributed by atoms with van der Waals surface area (Å²) >= 11 is 1.99. The molecule has 0 aromatic heterocycles. The van der Waals surface area contributed by atoms with Crippen LogP contribution in [-0.4, -0.2) is 29.6 Å². The highest BCUT2D eigenvalue weighted by atomic mass is 127. The lowest BCUT2D eigenvalue weighted by molar-refractivity contribution is -0.118. The first-order valence-electron chi connectivity index (χ1n) is 5.76. The highest BCUT2D eigenvalue weighted by Gasteiger charge is 2.12. The van der Waals surface area contributed by atoms with Gasteiger partial charge in [-0.2, -0.15) is 0 Å². The Kier molecular flexibility index (Phi) is 6.22. The molecule has 0 aliphatic rings. The fourth-order valence-corrected chi connectivity index (χ4v) is 1.92. The first kappa shape index (κ1) is 16.2. The van der Waals surface area contributed by atoms with Crippen molar-refractivity contribution < 1.29 is 19.5 Å². The number of carbonyl (C=O) groups is 3. The summed E-state index contributed by atoms with van der Waals surface area (Å²) in [4.78, 5) is 33.2. The molecule has 0 fully saturated rings. The van der Waals surface area contributed by atoms with Gasteiger partial charge in [0.2, 0.25) is 5.91 Å². The van der Waals surface area contributed by atoms with Gasteiger partial charge in [0.1, 0.15) is 0 Å². The number of amides is 3. The molecule has 0 unspecified atom stereocenters. The average molecular weight is 391 g/mol. The van der Waals surface area contributed by atoms with E-state index in [1.54, 1.807) is 6.07 Å². The Labute approximate surface area is 129 Å². The minimum Gasteiger partial charge on any atom is -0.478 e. The zero-order chi connectivity index (χ0) is 15.1. The second kappa shape index (κ2) is 7.68. The van der Waals surface area contributed by atoms with E-state index in [2.05, 4.69) is 10.6 Å². The number of urea groups is 1. The lowest BCUT2D eigenvalue weighted by Crippen LogP contribution is -2.30. The van der Waals surface area contributed by atoms with E-state index in [4.69, 9.17) is 10.8 Å². The number of nitrogens with one attached hydrogen (secondary N) is 2. The second-order valence-corrected chi connectivity index (χ2v) is 5.19. The fourth-order valence-electron chi connectivity index (χ4n) is 1.43. The van der Waals surface area contributed by atoms with Gasteiger partial charge >= 0.3 is 12.0 Å². The second-order valence-electron chi connectivity index (χ2n) is 3.95. The summed E-state index contributed by atoms with van der Waals surface area (Å²) < 4.78 is 0.757. The number of hydrogen-bond donors (Lipinski definition) is 4. The van der Waals surface area contributed by atoms with Crippen molar-refractivity contribution in [3.8, 4) is 0 Å². The molecule has 1 aromatic carbocycles. The van der Waals surface area contributed by atoms with Gasteiger partial charge in [0.15, 0.2) is 0 Å². The van der Waals surface area contributed by atoms with E-state index in [1.165, 1.54) is 12.1 Å². The first-order valence-corrected chi connectivity index (χ1v) is 6.84. The van der Waals surface area contributed by atoms with E-state index in [0.717, 1.165) is 3.57 Å². The number of rotatable bonds is 6. The number of carboxylic acid groups (broad SMARTS) is 1. The number of benzene rings is 1. The van der Waals surface area contributed by atoms with E-state index in [-0.39, 0.29) is 24.2 Å². The van der Waals surface area contributed by atoms with Gasteiger partial charge in [0, 0.05) is 16.5 Å². The third kappa shape index (κ3) is 5.43. The Balaban J connectivity index is 2.57. The number of carboxylic acids is 1. The number of nitrogens with two attached hydrogens (primary N) is 1. The summed E-state index contributed by atoms with van der Waals surface area (Å²) in [5, 5.41) is 14.0. The molecule has 0 aliphatic carbocycles. The minimum absolute atomic E-state index is 0.0178. The van der Waals surface area contributed by atoms with Crippen molar-refractivity contribution in [3.05, 3.63) is 27.3 Å². The van der Waals surface area contributed by atoms with E-state index in [0.29, 0.717) is 6.42 Å². The van der Waals surface area contributed by atoms with Crippen molar-refractivity contribution in [2.24, 2.45) is 5.73 Å². The van der Waals surface area contributed by atoms with Gasteiger partial charge in [-0.15, -0.1) is 0 Å². The zero-order valence-electron chi connectivity index (χ0n) is 10.5. The Morgan fingerprint density at radius 2 is 2.00 bits per heavy atom. The van der Waals surface area contributed by atoms with Crippen LogP contribution in [0.4, 0.5) is 10.5 Å². The standard InChI is InChI=1S/C12H14IN3O4/c13-7-3-4-9(8(6-7)11(18)19)16-12(20)15-5-1-2-10(14)17/h3-4,6H,1-2,5H2,(H2,14,17)(H,18,19)(H2,15,16,20). The van der Waals surface area contributed by atoms with Gasteiger partial charge < -0.3 is 21.5 Å².